The SMILES string of the molecule is O=c1c(CO)ccc(-c2ccc(F)cc2)n1C1CC1. The normalized spacial score (nSPS) is 14.6. The molecule has 3 nitrogen and oxygen atoms in total. The van der Waals surface area contributed by atoms with Gasteiger partial charge in [-0.3, -0.25) is 4.79 Å². The summed E-state index contributed by atoms with van der Waals surface area (Å²) in [5, 5.41) is 9.18. The lowest BCUT2D eigenvalue weighted by molar-refractivity contribution is 0.279. The first-order valence-electron chi connectivity index (χ1n) is 6.32. The standard InChI is InChI=1S/C15H14FNO2/c16-12-4-1-10(2-5-12)14-8-3-11(9-18)15(19)17(14)13-6-7-13/h1-5,8,13,18H,6-7,9H2. The molecule has 4 heteroatoms. The molecule has 0 spiro atoms. The largest absolute Gasteiger partial charge is 0.391 e. The van der Waals surface area contributed by atoms with Crippen LogP contribution < -0.4 is 5.56 Å². The Labute approximate surface area is 109 Å². The molecule has 0 aliphatic heterocycles. The highest BCUT2D eigenvalue weighted by molar-refractivity contribution is 5.60. The van der Waals surface area contributed by atoms with Crippen LogP contribution in [0.25, 0.3) is 11.3 Å². The van der Waals surface area contributed by atoms with E-state index in [4.69, 9.17) is 0 Å². The molecule has 0 radical (unpaired) electrons. The van der Waals surface area contributed by atoms with Gasteiger partial charge in [0.05, 0.1) is 12.3 Å². The maximum Gasteiger partial charge on any atom is 0.256 e. The van der Waals surface area contributed by atoms with E-state index in [1.165, 1.54) is 12.1 Å². The Morgan fingerprint density at radius 2 is 1.84 bits per heavy atom. The first-order chi connectivity index (χ1) is 9.20. The van der Waals surface area contributed by atoms with Crippen molar-refractivity contribution in [1.82, 2.24) is 4.57 Å². The molecule has 0 atom stereocenters. The predicted molar refractivity (Wildman–Crippen MR) is 70.3 cm³/mol. The molecule has 0 amide bonds. The first kappa shape index (κ1) is 12.1. The average Bonchev–Trinajstić information content (AvgIpc) is 3.23. The topological polar surface area (TPSA) is 42.2 Å². The van der Waals surface area contributed by atoms with E-state index in [2.05, 4.69) is 0 Å². The predicted octanol–water partition coefficient (Wildman–Crippen LogP) is 2.48. The first-order valence-corrected chi connectivity index (χ1v) is 6.32. The van der Waals surface area contributed by atoms with Gasteiger partial charge in [-0.2, -0.15) is 0 Å². The van der Waals surface area contributed by atoms with Crippen molar-refractivity contribution in [1.29, 1.82) is 0 Å². The van der Waals surface area contributed by atoms with Crippen LogP contribution in [0.2, 0.25) is 0 Å². The van der Waals surface area contributed by atoms with E-state index in [1.54, 1.807) is 22.8 Å². The van der Waals surface area contributed by atoms with Crippen LogP contribution >= 0.6 is 0 Å². The van der Waals surface area contributed by atoms with E-state index >= 15 is 0 Å². The maximum atomic E-state index is 13.0. The summed E-state index contributed by atoms with van der Waals surface area (Å²) in [6.07, 6.45) is 1.95. The number of pyridine rings is 1. The zero-order chi connectivity index (χ0) is 13.4. The number of rotatable bonds is 3. The summed E-state index contributed by atoms with van der Waals surface area (Å²) < 4.78 is 14.7. The Bertz CT molecular complexity index is 657. The van der Waals surface area contributed by atoms with E-state index < -0.39 is 0 Å². The average molecular weight is 259 g/mol. The molecule has 3 rings (SSSR count). The Morgan fingerprint density at radius 3 is 2.42 bits per heavy atom. The van der Waals surface area contributed by atoms with Crippen LogP contribution in [-0.4, -0.2) is 9.67 Å². The van der Waals surface area contributed by atoms with Crippen LogP contribution in [0.15, 0.2) is 41.2 Å². The van der Waals surface area contributed by atoms with Crippen molar-refractivity contribution >= 4 is 0 Å². The zero-order valence-corrected chi connectivity index (χ0v) is 10.3. The lowest BCUT2D eigenvalue weighted by atomic mass is 10.1. The highest BCUT2D eigenvalue weighted by Crippen LogP contribution is 2.37. The zero-order valence-electron chi connectivity index (χ0n) is 10.3. The monoisotopic (exact) mass is 259 g/mol. The quantitative estimate of drug-likeness (QED) is 0.920. The molecule has 1 N–H and O–H groups in total. The van der Waals surface area contributed by atoms with Crippen molar-refractivity contribution in [2.75, 3.05) is 0 Å². The van der Waals surface area contributed by atoms with Crippen LogP contribution in [0.1, 0.15) is 24.4 Å². The molecule has 1 aliphatic carbocycles. The fraction of sp³-hybridized carbons (Fsp3) is 0.267. The third-order valence-corrected chi connectivity index (χ3v) is 3.42. The molecule has 1 fully saturated rings. The van der Waals surface area contributed by atoms with Crippen molar-refractivity contribution in [3.63, 3.8) is 0 Å². The maximum absolute atomic E-state index is 13.0. The van der Waals surface area contributed by atoms with Gasteiger partial charge in [0.25, 0.3) is 5.56 Å². The van der Waals surface area contributed by atoms with Gasteiger partial charge in [0.15, 0.2) is 0 Å². The van der Waals surface area contributed by atoms with Crippen molar-refractivity contribution < 1.29 is 9.50 Å². The summed E-state index contributed by atoms with van der Waals surface area (Å²) in [4.78, 5) is 12.3. The highest BCUT2D eigenvalue weighted by Gasteiger charge is 2.27. The van der Waals surface area contributed by atoms with E-state index in [1.807, 2.05) is 6.07 Å². The fourth-order valence-corrected chi connectivity index (χ4v) is 2.27. The van der Waals surface area contributed by atoms with Gasteiger partial charge >= 0.3 is 0 Å². The second-order valence-electron chi connectivity index (χ2n) is 4.82. The van der Waals surface area contributed by atoms with Crippen LogP contribution in [0.4, 0.5) is 4.39 Å². The summed E-state index contributed by atoms with van der Waals surface area (Å²) >= 11 is 0. The highest BCUT2D eigenvalue weighted by atomic mass is 19.1. The molecule has 1 saturated carbocycles. The summed E-state index contributed by atoms with van der Waals surface area (Å²) in [6.45, 7) is -0.255. The van der Waals surface area contributed by atoms with Gasteiger partial charge in [-0.05, 0) is 54.8 Å². The molecule has 1 heterocycles. The third-order valence-electron chi connectivity index (χ3n) is 3.42. The number of aliphatic hydroxyl groups is 1. The number of hydrogen-bond acceptors (Lipinski definition) is 2. The molecule has 98 valence electrons. The smallest absolute Gasteiger partial charge is 0.256 e. The van der Waals surface area contributed by atoms with Gasteiger partial charge in [0, 0.05) is 11.6 Å². The minimum Gasteiger partial charge on any atom is -0.391 e. The fourth-order valence-electron chi connectivity index (χ4n) is 2.27. The number of hydrogen-bond donors (Lipinski definition) is 1. The van der Waals surface area contributed by atoms with E-state index in [0.717, 1.165) is 24.1 Å². The van der Waals surface area contributed by atoms with Crippen LogP contribution in [0.5, 0.6) is 0 Å². The molecule has 1 aliphatic rings. The van der Waals surface area contributed by atoms with Gasteiger partial charge < -0.3 is 9.67 Å². The van der Waals surface area contributed by atoms with Crippen molar-refractivity contribution in [2.24, 2.45) is 0 Å². The summed E-state index contributed by atoms with van der Waals surface area (Å²) in [6, 6.07) is 9.77. The molecule has 0 saturated heterocycles. The summed E-state index contributed by atoms with van der Waals surface area (Å²) in [7, 11) is 0. The molecule has 0 unspecified atom stereocenters. The minimum atomic E-state index is -0.295. The Kier molecular flexibility index (Phi) is 2.95. The number of aliphatic hydroxyl groups excluding tert-OH is 1. The lowest BCUT2D eigenvalue weighted by Crippen LogP contribution is -2.24. The number of benzene rings is 1. The van der Waals surface area contributed by atoms with E-state index in [0.29, 0.717) is 5.56 Å². The number of nitrogens with zero attached hydrogens (tertiary/aromatic N) is 1. The van der Waals surface area contributed by atoms with Crippen molar-refractivity contribution in [3.05, 3.63) is 58.1 Å². The molecule has 19 heavy (non-hydrogen) atoms. The molecule has 0 bridgehead atoms. The van der Waals surface area contributed by atoms with Gasteiger partial charge in [-0.25, -0.2) is 4.39 Å². The van der Waals surface area contributed by atoms with Crippen LogP contribution in [-0.2, 0) is 6.61 Å². The van der Waals surface area contributed by atoms with Crippen LogP contribution in [0, 0.1) is 5.82 Å². The Hall–Kier alpha value is -1.94. The molecular formula is C15H14FNO2. The van der Waals surface area contributed by atoms with Gasteiger partial charge in [-0.15, -0.1) is 0 Å². The molecule has 2 aromatic rings. The lowest BCUT2D eigenvalue weighted by Gasteiger charge is -2.13. The second kappa shape index (κ2) is 4.63. The van der Waals surface area contributed by atoms with Gasteiger partial charge in [-0.1, -0.05) is 0 Å². The van der Waals surface area contributed by atoms with Crippen LogP contribution in [0.3, 0.4) is 0 Å². The second-order valence-corrected chi connectivity index (χ2v) is 4.82. The summed E-state index contributed by atoms with van der Waals surface area (Å²) in [5.41, 5.74) is 1.85. The molecular weight excluding hydrogens is 245 g/mol. The van der Waals surface area contributed by atoms with Gasteiger partial charge in [0.1, 0.15) is 5.82 Å². The molecule has 1 aromatic carbocycles. The van der Waals surface area contributed by atoms with E-state index in [9.17, 15) is 14.3 Å². The van der Waals surface area contributed by atoms with Crippen molar-refractivity contribution in [3.8, 4) is 11.3 Å². The third kappa shape index (κ3) is 2.19. The van der Waals surface area contributed by atoms with E-state index in [-0.39, 0.29) is 24.0 Å². The number of halogens is 1. The van der Waals surface area contributed by atoms with Crippen molar-refractivity contribution in [2.45, 2.75) is 25.5 Å². The molecule has 1 aromatic heterocycles. The number of aromatic nitrogens is 1. The minimum absolute atomic E-state index is 0.146. The summed E-state index contributed by atoms with van der Waals surface area (Å²) in [5.74, 6) is -0.295. The van der Waals surface area contributed by atoms with Gasteiger partial charge in [0.2, 0.25) is 0 Å². The Balaban J connectivity index is 2.18. The Morgan fingerprint density at radius 1 is 1.16 bits per heavy atom.